The second kappa shape index (κ2) is 6.76. The number of aromatic nitrogens is 1. The number of aliphatic hydroxyl groups excluding tert-OH is 1. The molecule has 126 valence electrons. The number of rotatable bonds is 6. The van der Waals surface area contributed by atoms with Crippen LogP contribution >= 0.6 is 0 Å². The van der Waals surface area contributed by atoms with Crippen LogP contribution < -0.4 is 0 Å². The molecule has 1 atom stereocenters. The van der Waals surface area contributed by atoms with Crippen LogP contribution in [0.15, 0.2) is 65.7 Å². The monoisotopic (exact) mass is 345 g/mol. The molecule has 3 rings (SSSR count). The van der Waals surface area contributed by atoms with Crippen LogP contribution in [0.4, 0.5) is 0 Å². The molecular formula is C18H19NO4S. The lowest BCUT2D eigenvalue weighted by Gasteiger charge is -2.13. The van der Waals surface area contributed by atoms with E-state index in [1.165, 1.54) is 12.1 Å². The number of benzene rings is 2. The van der Waals surface area contributed by atoms with E-state index in [0.29, 0.717) is 0 Å². The summed E-state index contributed by atoms with van der Waals surface area (Å²) in [4.78, 5) is 0.0895. The third kappa shape index (κ3) is 3.67. The Labute approximate surface area is 141 Å². The minimum atomic E-state index is -3.86. The molecule has 0 fully saturated rings. The Kier molecular flexibility index (Phi) is 4.71. The molecule has 3 aromatic rings. The normalized spacial score (nSPS) is 13.2. The molecule has 0 amide bonds. The SMILES string of the molecule is Cc1ccc(S(=O)(=O)OCC(O)Cn2ccc3ccccc32)cc1. The Morgan fingerprint density at radius 3 is 2.54 bits per heavy atom. The predicted molar refractivity (Wildman–Crippen MR) is 92.3 cm³/mol. The van der Waals surface area contributed by atoms with Crippen molar-refractivity contribution in [2.24, 2.45) is 0 Å². The van der Waals surface area contributed by atoms with Crippen molar-refractivity contribution in [1.29, 1.82) is 0 Å². The molecule has 24 heavy (non-hydrogen) atoms. The van der Waals surface area contributed by atoms with Gasteiger partial charge in [-0.3, -0.25) is 4.18 Å². The van der Waals surface area contributed by atoms with Crippen LogP contribution in [-0.2, 0) is 20.8 Å². The fourth-order valence-electron chi connectivity index (χ4n) is 2.52. The van der Waals surface area contributed by atoms with Crippen LogP contribution in [0.1, 0.15) is 5.56 Å². The Bertz CT molecular complexity index is 929. The summed E-state index contributed by atoms with van der Waals surface area (Å²) in [6, 6.07) is 16.2. The van der Waals surface area contributed by atoms with Crippen LogP contribution in [0.5, 0.6) is 0 Å². The van der Waals surface area contributed by atoms with Gasteiger partial charge in [0, 0.05) is 11.7 Å². The molecule has 0 bridgehead atoms. The molecule has 2 aromatic carbocycles. The van der Waals surface area contributed by atoms with Crippen molar-refractivity contribution < 1.29 is 17.7 Å². The zero-order valence-corrected chi connectivity index (χ0v) is 14.1. The maximum atomic E-state index is 12.1. The van der Waals surface area contributed by atoms with Gasteiger partial charge in [0.2, 0.25) is 0 Å². The third-order valence-corrected chi connectivity index (χ3v) is 5.11. The predicted octanol–water partition coefficient (Wildman–Crippen LogP) is 2.72. The van der Waals surface area contributed by atoms with Crippen molar-refractivity contribution in [3.05, 3.63) is 66.4 Å². The van der Waals surface area contributed by atoms with Gasteiger partial charge in [0.15, 0.2) is 0 Å². The minimum absolute atomic E-state index is 0.0895. The maximum Gasteiger partial charge on any atom is 0.297 e. The van der Waals surface area contributed by atoms with Crippen LogP contribution in [0.2, 0.25) is 0 Å². The molecule has 0 saturated carbocycles. The Balaban J connectivity index is 1.65. The summed E-state index contributed by atoms with van der Waals surface area (Å²) in [6.45, 7) is 1.85. The van der Waals surface area contributed by atoms with Gasteiger partial charge in [-0.25, -0.2) is 0 Å². The van der Waals surface area contributed by atoms with Crippen molar-refractivity contribution in [1.82, 2.24) is 4.57 Å². The zero-order valence-electron chi connectivity index (χ0n) is 13.3. The lowest BCUT2D eigenvalue weighted by molar-refractivity contribution is 0.0964. The van der Waals surface area contributed by atoms with E-state index in [1.54, 1.807) is 12.1 Å². The molecule has 0 saturated heterocycles. The Morgan fingerprint density at radius 1 is 1.08 bits per heavy atom. The van der Waals surface area contributed by atoms with Gasteiger partial charge in [-0.05, 0) is 36.6 Å². The molecule has 0 aliphatic rings. The van der Waals surface area contributed by atoms with E-state index >= 15 is 0 Å². The van der Waals surface area contributed by atoms with E-state index < -0.39 is 16.2 Å². The average Bonchev–Trinajstić information content (AvgIpc) is 2.97. The first-order valence-corrected chi connectivity index (χ1v) is 9.04. The van der Waals surface area contributed by atoms with E-state index in [0.717, 1.165) is 16.5 Å². The van der Waals surface area contributed by atoms with Crippen molar-refractivity contribution >= 4 is 21.0 Å². The quantitative estimate of drug-likeness (QED) is 0.698. The van der Waals surface area contributed by atoms with Crippen molar-refractivity contribution in [3.63, 3.8) is 0 Å². The van der Waals surface area contributed by atoms with Crippen molar-refractivity contribution in [2.75, 3.05) is 6.61 Å². The number of para-hydroxylation sites is 1. The number of aliphatic hydroxyl groups is 1. The molecule has 1 heterocycles. The zero-order chi connectivity index (χ0) is 17.2. The van der Waals surface area contributed by atoms with Gasteiger partial charge in [0.1, 0.15) is 0 Å². The molecule has 0 aliphatic carbocycles. The number of hydrogen-bond acceptors (Lipinski definition) is 4. The largest absolute Gasteiger partial charge is 0.389 e. The topological polar surface area (TPSA) is 68.5 Å². The van der Waals surface area contributed by atoms with Gasteiger partial charge < -0.3 is 9.67 Å². The van der Waals surface area contributed by atoms with Gasteiger partial charge in [-0.1, -0.05) is 35.9 Å². The summed E-state index contributed by atoms with van der Waals surface area (Å²) in [6.07, 6.45) is 0.934. The molecular weight excluding hydrogens is 326 g/mol. The molecule has 0 spiro atoms. The van der Waals surface area contributed by atoms with Gasteiger partial charge in [-0.2, -0.15) is 8.42 Å². The molecule has 1 unspecified atom stereocenters. The Hall–Kier alpha value is -2.15. The standard InChI is InChI=1S/C18H19NO4S/c1-14-6-8-17(9-7-14)24(21,22)23-13-16(20)12-19-11-10-15-4-2-3-5-18(15)19/h2-11,16,20H,12-13H2,1H3. The van der Waals surface area contributed by atoms with E-state index in [2.05, 4.69) is 0 Å². The lowest BCUT2D eigenvalue weighted by Crippen LogP contribution is -2.23. The first kappa shape index (κ1) is 16.7. The molecule has 1 aromatic heterocycles. The first-order valence-electron chi connectivity index (χ1n) is 7.64. The fraction of sp³-hybridized carbons (Fsp3) is 0.222. The summed E-state index contributed by atoms with van der Waals surface area (Å²) in [7, 11) is -3.86. The van der Waals surface area contributed by atoms with E-state index in [4.69, 9.17) is 4.18 Å². The number of nitrogens with zero attached hydrogens (tertiary/aromatic N) is 1. The van der Waals surface area contributed by atoms with Crippen LogP contribution in [0, 0.1) is 6.92 Å². The third-order valence-electron chi connectivity index (χ3n) is 3.81. The summed E-state index contributed by atoms with van der Waals surface area (Å²) >= 11 is 0. The van der Waals surface area contributed by atoms with E-state index in [-0.39, 0.29) is 18.0 Å². The molecule has 6 heteroatoms. The highest BCUT2D eigenvalue weighted by atomic mass is 32.2. The van der Waals surface area contributed by atoms with Gasteiger partial charge in [0.05, 0.1) is 24.2 Å². The van der Waals surface area contributed by atoms with Crippen molar-refractivity contribution in [3.8, 4) is 0 Å². The second-order valence-electron chi connectivity index (χ2n) is 5.73. The minimum Gasteiger partial charge on any atom is -0.389 e. The second-order valence-corrected chi connectivity index (χ2v) is 7.35. The summed E-state index contributed by atoms with van der Waals surface area (Å²) in [5.41, 5.74) is 1.95. The maximum absolute atomic E-state index is 12.1. The van der Waals surface area contributed by atoms with E-state index in [1.807, 2.05) is 48.0 Å². The molecule has 0 aliphatic heterocycles. The number of aryl methyl sites for hydroxylation is 1. The van der Waals surface area contributed by atoms with Gasteiger partial charge in [-0.15, -0.1) is 0 Å². The number of hydrogen-bond donors (Lipinski definition) is 1. The fourth-order valence-corrected chi connectivity index (χ4v) is 3.46. The first-order chi connectivity index (χ1) is 11.5. The van der Waals surface area contributed by atoms with Crippen LogP contribution in [-0.4, -0.2) is 30.8 Å². The average molecular weight is 345 g/mol. The highest BCUT2D eigenvalue weighted by Gasteiger charge is 2.18. The van der Waals surface area contributed by atoms with Crippen LogP contribution in [0.3, 0.4) is 0 Å². The highest BCUT2D eigenvalue weighted by molar-refractivity contribution is 7.86. The summed E-state index contributed by atoms with van der Waals surface area (Å²) in [5.74, 6) is 0. The Morgan fingerprint density at radius 2 is 1.79 bits per heavy atom. The number of fused-ring (bicyclic) bond motifs is 1. The van der Waals surface area contributed by atoms with E-state index in [9.17, 15) is 13.5 Å². The van der Waals surface area contributed by atoms with Gasteiger partial charge in [0.25, 0.3) is 10.1 Å². The summed E-state index contributed by atoms with van der Waals surface area (Å²) < 4.78 is 31.1. The highest BCUT2D eigenvalue weighted by Crippen LogP contribution is 2.17. The molecule has 1 N–H and O–H groups in total. The lowest BCUT2D eigenvalue weighted by atomic mass is 10.2. The molecule has 0 radical (unpaired) electrons. The summed E-state index contributed by atoms with van der Waals surface area (Å²) in [5, 5.41) is 11.2. The smallest absolute Gasteiger partial charge is 0.297 e. The van der Waals surface area contributed by atoms with Crippen molar-refractivity contribution in [2.45, 2.75) is 24.5 Å². The van der Waals surface area contributed by atoms with Crippen LogP contribution in [0.25, 0.3) is 10.9 Å². The van der Waals surface area contributed by atoms with Gasteiger partial charge >= 0.3 is 0 Å². The molecule has 5 nitrogen and oxygen atoms in total.